The third-order valence-corrected chi connectivity index (χ3v) is 7.21. The number of nitrogens with one attached hydrogen (secondary N) is 9. The number of carbonyl (C=O) groups is 5. The molecule has 0 radical (unpaired) electrons. The summed E-state index contributed by atoms with van der Waals surface area (Å²) in [7, 11) is 0. The van der Waals surface area contributed by atoms with Gasteiger partial charge in [-0.3, -0.25) is 0 Å². The number of benzene rings is 2. The van der Waals surface area contributed by atoms with E-state index in [1.807, 2.05) is 44.2 Å². The van der Waals surface area contributed by atoms with Crippen LogP contribution in [0, 0.1) is 5.92 Å². The van der Waals surface area contributed by atoms with Gasteiger partial charge in [-0.1, -0.05) is 56.3 Å². The quantitative estimate of drug-likeness (QED) is 0.0851. The minimum Gasteiger partial charge on any atom is -0.508 e. The summed E-state index contributed by atoms with van der Waals surface area (Å²) in [6.07, 6.45) is 1.58. The zero-order valence-corrected chi connectivity index (χ0v) is 28.7. The molecule has 10 amide bonds. The summed E-state index contributed by atoms with van der Waals surface area (Å²) in [4.78, 5) is 60.8. The fourth-order valence-electron chi connectivity index (χ4n) is 4.88. The van der Waals surface area contributed by atoms with E-state index >= 15 is 0 Å². The summed E-state index contributed by atoms with van der Waals surface area (Å²) >= 11 is 0. The minimum atomic E-state index is -0.665. The molecular weight excluding hydrogens is 646 g/mol. The first-order chi connectivity index (χ1) is 23.9. The molecule has 0 saturated heterocycles. The predicted octanol–water partition coefficient (Wildman–Crippen LogP) is 0.153. The average molecular weight is 700 g/mol. The molecule has 2 aromatic carbocycles. The molecule has 0 fully saturated rings. The first-order valence-electron chi connectivity index (χ1n) is 16.6. The summed E-state index contributed by atoms with van der Waals surface area (Å²) in [6.45, 7) is 5.16. The van der Waals surface area contributed by atoms with Crippen LogP contribution in [0.4, 0.5) is 24.0 Å². The summed E-state index contributed by atoms with van der Waals surface area (Å²) < 4.78 is 0. The standard InChI is InChI=1S/C33H53N11O6/c1-22(2)16-26(42-29(35)46)20-41-33(50)44-27(18-23-6-4-3-5-7-23)21-40-31(48)38-13-12-36-30(47)37-14-15-39-32(49)43-25(19-34)17-24-8-10-28(45)11-9-24/h3-11,22,25-27,45H,12-21,34H2,1-2H3,(H3,35,42,46)(H2,36,37,47)(H2,38,40,48)(H2,39,43,49)(H2,41,44,50)/t25-,26-,27-/m0/s1. The number of nitrogens with two attached hydrogens (primary N) is 2. The van der Waals surface area contributed by atoms with Crippen LogP contribution in [0.3, 0.4) is 0 Å². The van der Waals surface area contributed by atoms with Crippen LogP contribution in [0.25, 0.3) is 0 Å². The lowest BCUT2D eigenvalue weighted by molar-refractivity contribution is 0.228. The molecule has 0 heterocycles. The van der Waals surface area contributed by atoms with Crippen LogP contribution in [0.2, 0.25) is 0 Å². The molecule has 0 saturated carbocycles. The molecule has 2 aromatic rings. The SMILES string of the molecule is CC(C)C[C@@H](CNC(=O)N[C@H](CNC(=O)NCCNC(=O)NCCNC(=O)N[C@H](CN)Cc1ccc(O)cc1)Cc1ccccc1)NC(N)=O. The van der Waals surface area contributed by atoms with E-state index in [1.54, 1.807) is 24.3 Å². The second-order valence-electron chi connectivity index (χ2n) is 12.1. The van der Waals surface area contributed by atoms with Crippen molar-refractivity contribution in [2.24, 2.45) is 17.4 Å². The molecular formula is C33H53N11O6. The number of amides is 10. The van der Waals surface area contributed by atoms with Gasteiger partial charge in [0.05, 0.1) is 6.04 Å². The number of phenolic OH excluding ortho intramolecular Hbond substituents is 1. The Hall–Kier alpha value is -5.45. The van der Waals surface area contributed by atoms with Crippen LogP contribution in [0.15, 0.2) is 54.6 Å². The maximum atomic E-state index is 12.7. The lowest BCUT2D eigenvalue weighted by atomic mass is 10.0. The number of carbonyl (C=O) groups excluding carboxylic acids is 5. The number of phenols is 1. The predicted molar refractivity (Wildman–Crippen MR) is 190 cm³/mol. The second kappa shape index (κ2) is 23.0. The van der Waals surface area contributed by atoms with E-state index < -0.39 is 36.2 Å². The molecule has 0 spiro atoms. The van der Waals surface area contributed by atoms with Gasteiger partial charge in [0.15, 0.2) is 0 Å². The highest BCUT2D eigenvalue weighted by molar-refractivity contribution is 5.77. The molecule has 3 atom stereocenters. The fourth-order valence-corrected chi connectivity index (χ4v) is 4.88. The van der Waals surface area contributed by atoms with Crippen molar-refractivity contribution in [1.82, 2.24) is 47.9 Å². The minimum absolute atomic E-state index is 0.125. The van der Waals surface area contributed by atoms with Crippen molar-refractivity contribution in [1.29, 1.82) is 0 Å². The largest absolute Gasteiger partial charge is 0.508 e. The summed E-state index contributed by atoms with van der Waals surface area (Å²) in [5.41, 5.74) is 12.9. The average Bonchev–Trinajstić information content (AvgIpc) is 3.07. The Morgan fingerprint density at radius 1 is 0.600 bits per heavy atom. The molecule has 17 heteroatoms. The zero-order valence-electron chi connectivity index (χ0n) is 28.7. The monoisotopic (exact) mass is 699 g/mol. The van der Waals surface area contributed by atoms with E-state index in [0.29, 0.717) is 19.3 Å². The molecule has 0 aromatic heterocycles. The lowest BCUT2D eigenvalue weighted by Gasteiger charge is -2.23. The van der Waals surface area contributed by atoms with Gasteiger partial charge >= 0.3 is 30.2 Å². The maximum Gasteiger partial charge on any atom is 0.315 e. The van der Waals surface area contributed by atoms with Crippen molar-refractivity contribution in [3.05, 3.63) is 65.7 Å². The Morgan fingerprint density at radius 3 is 1.62 bits per heavy atom. The van der Waals surface area contributed by atoms with E-state index in [9.17, 15) is 29.1 Å². The van der Waals surface area contributed by atoms with E-state index in [2.05, 4.69) is 47.9 Å². The molecule has 14 N–H and O–H groups in total. The summed E-state index contributed by atoms with van der Waals surface area (Å²) in [5, 5.41) is 33.7. The summed E-state index contributed by atoms with van der Waals surface area (Å²) in [5.74, 6) is 0.432. The maximum absolute atomic E-state index is 12.7. The Balaban J connectivity index is 1.66. The van der Waals surface area contributed by atoms with Crippen molar-refractivity contribution in [3.8, 4) is 5.75 Å². The Kier molecular flexibility index (Phi) is 18.7. The third-order valence-electron chi connectivity index (χ3n) is 7.21. The van der Waals surface area contributed by atoms with E-state index in [0.717, 1.165) is 11.1 Å². The van der Waals surface area contributed by atoms with Crippen molar-refractivity contribution >= 4 is 30.2 Å². The molecule has 2 rings (SSSR count). The van der Waals surface area contributed by atoms with E-state index in [1.165, 1.54) is 0 Å². The molecule has 0 aliphatic carbocycles. The highest BCUT2D eigenvalue weighted by atomic mass is 16.3. The fraction of sp³-hybridized carbons (Fsp3) is 0.485. The van der Waals surface area contributed by atoms with Crippen molar-refractivity contribution in [2.45, 2.75) is 51.2 Å². The molecule has 0 bridgehead atoms. The van der Waals surface area contributed by atoms with Gasteiger partial charge in [-0.25, -0.2) is 24.0 Å². The third kappa shape index (κ3) is 18.8. The highest BCUT2D eigenvalue weighted by Crippen LogP contribution is 2.11. The zero-order chi connectivity index (χ0) is 36.7. The molecule has 0 unspecified atom stereocenters. The van der Waals surface area contributed by atoms with E-state index in [-0.39, 0.29) is 69.6 Å². The van der Waals surface area contributed by atoms with Gasteiger partial charge in [-0.15, -0.1) is 0 Å². The second-order valence-corrected chi connectivity index (χ2v) is 12.1. The van der Waals surface area contributed by atoms with Crippen LogP contribution in [0.5, 0.6) is 5.75 Å². The van der Waals surface area contributed by atoms with Crippen LogP contribution >= 0.6 is 0 Å². The van der Waals surface area contributed by atoms with Gasteiger partial charge in [0.2, 0.25) is 0 Å². The van der Waals surface area contributed by atoms with Gasteiger partial charge in [-0.05, 0) is 48.4 Å². The topological polar surface area (TPSA) is 266 Å². The van der Waals surface area contributed by atoms with E-state index in [4.69, 9.17) is 11.5 Å². The van der Waals surface area contributed by atoms with Gasteiger partial charge in [0.25, 0.3) is 0 Å². The number of aromatic hydroxyl groups is 1. The lowest BCUT2D eigenvalue weighted by Crippen LogP contribution is -2.53. The van der Waals surface area contributed by atoms with Gasteiger partial charge in [-0.2, -0.15) is 0 Å². The molecule has 0 aliphatic heterocycles. The Morgan fingerprint density at radius 2 is 1.06 bits per heavy atom. The highest BCUT2D eigenvalue weighted by Gasteiger charge is 2.18. The van der Waals surface area contributed by atoms with Crippen LogP contribution in [0.1, 0.15) is 31.4 Å². The molecule has 50 heavy (non-hydrogen) atoms. The molecule has 276 valence electrons. The van der Waals surface area contributed by atoms with Crippen LogP contribution in [-0.2, 0) is 12.8 Å². The molecule has 17 nitrogen and oxygen atoms in total. The number of hydrogen-bond acceptors (Lipinski definition) is 7. The van der Waals surface area contributed by atoms with Gasteiger partial charge in [0.1, 0.15) is 5.75 Å². The molecule has 0 aliphatic rings. The van der Waals surface area contributed by atoms with Crippen LogP contribution in [-0.4, -0.2) is 99.2 Å². The first kappa shape index (κ1) is 40.7. The normalized spacial score (nSPS) is 12.4. The summed E-state index contributed by atoms with van der Waals surface area (Å²) in [6, 6.07) is 12.6. The smallest absolute Gasteiger partial charge is 0.315 e. The number of hydrogen-bond donors (Lipinski definition) is 12. The van der Waals surface area contributed by atoms with Crippen LogP contribution < -0.4 is 59.3 Å². The Bertz CT molecular complexity index is 1330. The Labute approximate surface area is 292 Å². The van der Waals surface area contributed by atoms with Gasteiger partial charge < -0.3 is 64.4 Å². The van der Waals surface area contributed by atoms with Gasteiger partial charge in [0, 0.05) is 57.9 Å². The number of urea groups is 5. The van der Waals surface area contributed by atoms with Crippen molar-refractivity contribution in [2.75, 3.05) is 45.8 Å². The number of primary amides is 1. The number of rotatable bonds is 20. The van der Waals surface area contributed by atoms with Crippen molar-refractivity contribution < 1.29 is 29.1 Å². The first-order valence-corrected chi connectivity index (χ1v) is 16.6. The van der Waals surface area contributed by atoms with Crippen molar-refractivity contribution in [3.63, 3.8) is 0 Å².